The third-order valence-corrected chi connectivity index (χ3v) is 6.42. The quantitative estimate of drug-likeness (QED) is 0.187. The molecule has 6 N–H and O–H groups in total. The highest BCUT2D eigenvalue weighted by atomic mass is 31.2. The summed E-state index contributed by atoms with van der Waals surface area (Å²) >= 11 is 0. The number of terminal acetylenes is 1. The van der Waals surface area contributed by atoms with Gasteiger partial charge in [-0.25, -0.2) is 19.6 Å². The van der Waals surface area contributed by atoms with Gasteiger partial charge in [0.1, 0.15) is 41.6 Å². The highest BCUT2D eigenvalue weighted by molar-refractivity contribution is 7.50. The largest absolute Gasteiger partial charge is 0.465 e. The standard InChI is InChI=1S/C19H26N5O8P/c1-5-11-7-24(16-13(11)15(20)21-9-22-16)18-19(4,27)14(25)12(32-18)8-31-33(28,29)23-10(3)17(26)30-6-2/h1,7,9-10,12,14,18,25,27H,6,8H2,2-4H3,(H2,20,21,22)(H2,23,28,29)/t10?,12-,14-,18-,19-/m1/s1. The molecule has 180 valence electrons. The van der Waals surface area contributed by atoms with Gasteiger partial charge in [-0.05, 0) is 20.8 Å². The van der Waals surface area contributed by atoms with Gasteiger partial charge in [-0.1, -0.05) is 5.92 Å². The van der Waals surface area contributed by atoms with Crippen LogP contribution in [0, 0.1) is 12.3 Å². The van der Waals surface area contributed by atoms with Gasteiger partial charge in [0.05, 0.1) is 24.2 Å². The zero-order valence-corrected chi connectivity index (χ0v) is 19.1. The highest BCUT2D eigenvalue weighted by Gasteiger charge is 2.54. The normalized spacial score (nSPS) is 27.7. The van der Waals surface area contributed by atoms with Crippen LogP contribution in [0.4, 0.5) is 5.82 Å². The van der Waals surface area contributed by atoms with Crippen LogP contribution in [-0.2, 0) is 23.4 Å². The van der Waals surface area contributed by atoms with E-state index in [9.17, 15) is 24.5 Å². The van der Waals surface area contributed by atoms with E-state index in [1.165, 1.54) is 30.9 Å². The molecule has 3 heterocycles. The number of esters is 1. The molecule has 0 spiro atoms. The van der Waals surface area contributed by atoms with Crippen molar-refractivity contribution in [1.82, 2.24) is 19.6 Å². The molecular weight excluding hydrogens is 457 g/mol. The van der Waals surface area contributed by atoms with Crippen molar-refractivity contribution in [2.45, 2.75) is 50.8 Å². The Morgan fingerprint density at radius 2 is 2.24 bits per heavy atom. The van der Waals surface area contributed by atoms with Crippen LogP contribution in [0.1, 0.15) is 32.6 Å². The smallest absolute Gasteiger partial charge is 0.403 e. The number of carbonyl (C=O) groups is 1. The number of nitrogens with zero attached hydrogens (tertiary/aromatic N) is 3. The number of aliphatic hydroxyl groups is 2. The zero-order chi connectivity index (χ0) is 24.6. The second-order valence-corrected chi connectivity index (χ2v) is 9.23. The molecule has 1 aliphatic rings. The molecule has 0 aliphatic carbocycles. The zero-order valence-electron chi connectivity index (χ0n) is 18.2. The number of ether oxygens (including phenoxy) is 2. The van der Waals surface area contributed by atoms with Crippen LogP contribution < -0.4 is 10.8 Å². The maximum atomic E-state index is 12.3. The number of fused-ring (bicyclic) bond motifs is 1. The Labute approximate surface area is 189 Å². The summed E-state index contributed by atoms with van der Waals surface area (Å²) in [6.45, 7) is 3.78. The van der Waals surface area contributed by atoms with Crippen molar-refractivity contribution in [3.63, 3.8) is 0 Å². The van der Waals surface area contributed by atoms with Crippen molar-refractivity contribution in [3.05, 3.63) is 18.1 Å². The highest BCUT2D eigenvalue weighted by Crippen LogP contribution is 2.43. The van der Waals surface area contributed by atoms with E-state index in [-0.39, 0.29) is 18.1 Å². The van der Waals surface area contributed by atoms with E-state index in [0.717, 1.165) is 0 Å². The van der Waals surface area contributed by atoms with Crippen molar-refractivity contribution >= 4 is 30.6 Å². The van der Waals surface area contributed by atoms with Gasteiger partial charge in [-0.3, -0.25) is 9.32 Å². The van der Waals surface area contributed by atoms with Gasteiger partial charge in [0, 0.05) is 6.20 Å². The predicted octanol–water partition coefficient (Wildman–Crippen LogP) is -0.338. The Bertz CT molecular complexity index is 1130. The molecule has 1 saturated heterocycles. The monoisotopic (exact) mass is 483 g/mol. The molecule has 0 aromatic carbocycles. The van der Waals surface area contributed by atoms with Crippen molar-refractivity contribution in [1.29, 1.82) is 0 Å². The fraction of sp³-hybridized carbons (Fsp3) is 0.526. The van der Waals surface area contributed by atoms with Crippen LogP contribution >= 0.6 is 7.75 Å². The Morgan fingerprint density at radius 3 is 2.88 bits per heavy atom. The lowest BCUT2D eigenvalue weighted by atomic mass is 9.96. The number of nitrogen functional groups attached to an aromatic ring is 1. The van der Waals surface area contributed by atoms with E-state index in [1.54, 1.807) is 6.92 Å². The fourth-order valence-corrected chi connectivity index (χ4v) is 4.57. The van der Waals surface area contributed by atoms with Gasteiger partial charge in [0.25, 0.3) is 0 Å². The first kappa shape index (κ1) is 25.1. The average molecular weight is 483 g/mol. The van der Waals surface area contributed by atoms with E-state index in [2.05, 4.69) is 21.0 Å². The van der Waals surface area contributed by atoms with Crippen molar-refractivity contribution in [2.75, 3.05) is 18.9 Å². The van der Waals surface area contributed by atoms with E-state index < -0.39 is 50.4 Å². The molecule has 6 atom stereocenters. The van der Waals surface area contributed by atoms with Crippen molar-refractivity contribution in [3.8, 4) is 12.3 Å². The Hall–Kier alpha value is -2.56. The van der Waals surface area contributed by atoms with Gasteiger partial charge < -0.3 is 34.9 Å². The Morgan fingerprint density at radius 1 is 1.55 bits per heavy atom. The summed E-state index contributed by atoms with van der Waals surface area (Å²) in [5.74, 6) is 1.86. The number of aliphatic hydroxyl groups excluding tert-OH is 1. The molecule has 1 aliphatic heterocycles. The minimum absolute atomic E-state index is 0.103. The van der Waals surface area contributed by atoms with Gasteiger partial charge in [-0.15, -0.1) is 6.42 Å². The third kappa shape index (κ3) is 4.87. The SMILES string of the molecule is C#Cc1cn([C@@H]2O[C@H](COP(=O)(O)NC(C)C(=O)OCC)[C@@H](O)[C@@]2(C)O)c2ncnc(N)c12. The molecule has 0 saturated carbocycles. The minimum atomic E-state index is -4.48. The molecule has 0 bridgehead atoms. The van der Waals surface area contributed by atoms with E-state index in [0.29, 0.717) is 10.9 Å². The lowest BCUT2D eigenvalue weighted by molar-refractivity contribution is -0.144. The molecule has 2 aromatic rings. The van der Waals surface area contributed by atoms with Gasteiger partial charge in [-0.2, -0.15) is 0 Å². The summed E-state index contributed by atoms with van der Waals surface area (Å²) in [6.07, 6.45) is 4.32. The van der Waals surface area contributed by atoms with Crippen molar-refractivity contribution < 1.29 is 38.5 Å². The Kier molecular flexibility index (Phi) is 7.11. The molecule has 0 amide bonds. The minimum Gasteiger partial charge on any atom is -0.465 e. The van der Waals surface area contributed by atoms with E-state index >= 15 is 0 Å². The van der Waals surface area contributed by atoms with Crippen LogP contribution in [0.5, 0.6) is 0 Å². The summed E-state index contributed by atoms with van der Waals surface area (Å²) in [5.41, 5.74) is 4.67. The second-order valence-electron chi connectivity index (χ2n) is 7.67. The molecule has 13 nitrogen and oxygen atoms in total. The van der Waals surface area contributed by atoms with Crippen LogP contribution in [0.3, 0.4) is 0 Å². The lowest BCUT2D eigenvalue weighted by Crippen LogP contribution is -2.44. The number of nitrogens with one attached hydrogen (secondary N) is 1. The van der Waals surface area contributed by atoms with Crippen LogP contribution in [0.25, 0.3) is 11.0 Å². The summed E-state index contributed by atoms with van der Waals surface area (Å²) in [5, 5.41) is 24.1. The molecule has 2 unspecified atom stereocenters. The first-order valence-corrected chi connectivity index (χ1v) is 11.6. The molecule has 1 fully saturated rings. The number of hydrogen-bond donors (Lipinski definition) is 5. The summed E-state index contributed by atoms with van der Waals surface area (Å²) in [6, 6.07) is -1.12. The number of carbonyl (C=O) groups excluding carboxylic acids is 1. The maximum absolute atomic E-state index is 12.3. The second kappa shape index (κ2) is 9.36. The average Bonchev–Trinajstić information content (AvgIpc) is 3.22. The number of anilines is 1. The summed E-state index contributed by atoms with van der Waals surface area (Å²) in [4.78, 5) is 29.8. The molecule has 33 heavy (non-hydrogen) atoms. The van der Waals surface area contributed by atoms with Gasteiger partial charge in [0.2, 0.25) is 0 Å². The topological polar surface area (TPSA) is 191 Å². The van der Waals surface area contributed by atoms with Crippen LogP contribution in [0.2, 0.25) is 0 Å². The first-order chi connectivity index (χ1) is 15.4. The Balaban J connectivity index is 1.79. The van der Waals surface area contributed by atoms with E-state index in [4.69, 9.17) is 26.2 Å². The number of aromatic nitrogens is 3. The third-order valence-electron chi connectivity index (χ3n) is 5.21. The summed E-state index contributed by atoms with van der Waals surface area (Å²) in [7, 11) is -4.48. The lowest BCUT2D eigenvalue weighted by Gasteiger charge is -2.27. The van der Waals surface area contributed by atoms with Gasteiger partial charge in [0.15, 0.2) is 6.23 Å². The molecule has 3 rings (SSSR count). The summed E-state index contributed by atoms with van der Waals surface area (Å²) < 4.78 is 29.3. The van der Waals surface area contributed by atoms with Gasteiger partial charge >= 0.3 is 13.7 Å². The first-order valence-electron chi connectivity index (χ1n) is 9.98. The molecule has 0 radical (unpaired) electrons. The van der Waals surface area contributed by atoms with Crippen LogP contribution in [0.15, 0.2) is 12.5 Å². The number of nitrogens with two attached hydrogens (primary N) is 1. The molecule has 14 heteroatoms. The molecular formula is C19H26N5O8P. The number of hydrogen-bond acceptors (Lipinski definition) is 10. The van der Waals surface area contributed by atoms with Crippen molar-refractivity contribution in [2.24, 2.45) is 0 Å². The maximum Gasteiger partial charge on any atom is 0.403 e. The predicted molar refractivity (Wildman–Crippen MR) is 115 cm³/mol. The molecule has 2 aromatic heterocycles. The van der Waals surface area contributed by atoms with E-state index in [1.807, 2.05) is 0 Å². The van der Waals surface area contributed by atoms with Crippen LogP contribution in [-0.4, -0.2) is 72.7 Å². The number of rotatable bonds is 8. The fourth-order valence-electron chi connectivity index (χ4n) is 3.55.